The minimum absolute atomic E-state index is 0.00138. The molecule has 118 valence electrons. The first-order valence-electron chi connectivity index (χ1n) is 6.08. The van der Waals surface area contributed by atoms with Gasteiger partial charge in [0.25, 0.3) is 5.56 Å². The monoisotopic (exact) mass is 431 g/mol. The van der Waals surface area contributed by atoms with Gasteiger partial charge in [-0.25, -0.2) is 9.46 Å². The van der Waals surface area contributed by atoms with Crippen molar-refractivity contribution in [2.24, 2.45) is 0 Å². The zero-order valence-electron chi connectivity index (χ0n) is 11.1. The fourth-order valence-electron chi connectivity index (χ4n) is 2.05. The molecule has 0 bridgehead atoms. The Hall–Kier alpha value is -0.520. The average Bonchev–Trinajstić information content (AvgIpc) is 2.41. The molecule has 1 aliphatic heterocycles. The molecule has 3 atom stereocenters. The molecular weight excluding hydrogens is 416 g/mol. The van der Waals surface area contributed by atoms with Crippen molar-refractivity contribution in [1.29, 1.82) is 0 Å². The van der Waals surface area contributed by atoms with Crippen LogP contribution in [0.3, 0.4) is 0 Å². The van der Waals surface area contributed by atoms with Crippen molar-refractivity contribution < 1.29 is 19.3 Å². The van der Waals surface area contributed by atoms with Gasteiger partial charge in [-0.05, 0) is 6.92 Å². The van der Waals surface area contributed by atoms with Crippen molar-refractivity contribution in [3.8, 4) is 0 Å². The Bertz CT molecular complexity index is 682. The lowest BCUT2D eigenvalue weighted by molar-refractivity contribution is -0.119. The number of hydrogen-bond donors (Lipinski definition) is 3. The van der Waals surface area contributed by atoms with Gasteiger partial charge in [-0.1, -0.05) is 0 Å². The fourth-order valence-corrected chi connectivity index (χ4v) is 3.84. The standard InChI is InChI=1S/C10H15IN3O6P/c1-6-2-14(10(17)12-9(6)16)8-4-13(21(11,18)19)3-7(5-15)20-8/h2,7-8,15H,3-5H2,1H3,(H,18,19)(H,12,16,17)/t7-,8?/m0/s1. The van der Waals surface area contributed by atoms with Gasteiger partial charge in [0.2, 0.25) is 0 Å². The highest BCUT2D eigenvalue weighted by Crippen LogP contribution is 2.55. The fraction of sp³-hybridized carbons (Fsp3) is 0.600. The van der Waals surface area contributed by atoms with Crippen LogP contribution in [0, 0.1) is 6.92 Å². The summed E-state index contributed by atoms with van der Waals surface area (Å²) < 4.78 is 19.7. The first-order valence-corrected chi connectivity index (χ1v) is 10.5. The SMILES string of the molecule is Cc1cn(C2CN(P(=O)(O)I)C[C@@H](CO)O2)c(=O)[nH]c1=O. The molecule has 1 aromatic heterocycles. The minimum atomic E-state index is -3.56. The van der Waals surface area contributed by atoms with E-state index < -0.39 is 28.7 Å². The summed E-state index contributed by atoms with van der Waals surface area (Å²) in [5.41, 5.74) is -0.850. The summed E-state index contributed by atoms with van der Waals surface area (Å²) in [4.78, 5) is 35.1. The van der Waals surface area contributed by atoms with Crippen LogP contribution in [-0.4, -0.2) is 50.0 Å². The van der Waals surface area contributed by atoms with Gasteiger partial charge >= 0.3 is 10.9 Å². The summed E-state index contributed by atoms with van der Waals surface area (Å²) in [5.74, 6) is 0. The molecule has 2 heterocycles. The van der Waals surface area contributed by atoms with Crippen molar-refractivity contribution in [2.75, 3.05) is 19.7 Å². The summed E-state index contributed by atoms with van der Waals surface area (Å²) in [6.45, 7) is 1.27. The predicted octanol–water partition coefficient (Wildman–Crippen LogP) is -0.428. The maximum atomic E-state index is 11.9. The van der Waals surface area contributed by atoms with Crippen LogP contribution < -0.4 is 11.2 Å². The average molecular weight is 431 g/mol. The van der Waals surface area contributed by atoms with Gasteiger partial charge in [0, 0.05) is 40.3 Å². The van der Waals surface area contributed by atoms with E-state index >= 15 is 0 Å². The van der Waals surface area contributed by atoms with Crippen molar-refractivity contribution in [3.63, 3.8) is 0 Å². The van der Waals surface area contributed by atoms with Crippen LogP contribution in [0.5, 0.6) is 0 Å². The second kappa shape index (κ2) is 6.31. The Labute approximate surface area is 132 Å². The molecule has 2 rings (SSSR count). The molecule has 0 amide bonds. The van der Waals surface area contributed by atoms with Crippen LogP contribution in [0.1, 0.15) is 11.8 Å². The number of aliphatic hydroxyl groups excluding tert-OH is 1. The number of nitrogens with zero attached hydrogens (tertiary/aromatic N) is 2. The molecule has 0 radical (unpaired) electrons. The van der Waals surface area contributed by atoms with Gasteiger partial charge in [-0.3, -0.25) is 18.9 Å². The van der Waals surface area contributed by atoms with E-state index in [1.165, 1.54) is 39.8 Å². The number of rotatable bonds is 3. The maximum Gasteiger partial charge on any atom is 0.330 e. The normalized spacial score (nSPS) is 26.5. The number of aromatic nitrogens is 2. The van der Waals surface area contributed by atoms with Crippen molar-refractivity contribution in [3.05, 3.63) is 32.6 Å². The molecule has 0 saturated carbocycles. The third kappa shape index (κ3) is 3.82. The molecule has 11 heteroatoms. The Morgan fingerprint density at radius 3 is 2.76 bits per heavy atom. The molecule has 1 fully saturated rings. The molecule has 1 aromatic rings. The van der Waals surface area contributed by atoms with E-state index in [1.807, 2.05) is 0 Å². The highest BCUT2D eigenvalue weighted by atomic mass is 127. The van der Waals surface area contributed by atoms with Crippen LogP contribution in [0.2, 0.25) is 0 Å². The number of nitrogens with one attached hydrogen (secondary N) is 1. The van der Waals surface area contributed by atoms with E-state index in [0.29, 0.717) is 5.56 Å². The summed E-state index contributed by atoms with van der Waals surface area (Å²) in [6, 6.07) is 0. The van der Waals surface area contributed by atoms with Crippen LogP contribution in [0.15, 0.2) is 15.8 Å². The van der Waals surface area contributed by atoms with Crippen LogP contribution in [0.25, 0.3) is 0 Å². The second-order valence-corrected chi connectivity index (χ2v) is 10.0. The highest BCUT2D eigenvalue weighted by molar-refractivity contribution is 14.2. The molecule has 0 aromatic carbocycles. The third-order valence-corrected chi connectivity index (χ3v) is 5.99. The number of aromatic amines is 1. The molecule has 2 unspecified atom stereocenters. The first kappa shape index (κ1) is 16.8. The highest BCUT2D eigenvalue weighted by Gasteiger charge is 2.36. The second-order valence-electron chi connectivity index (χ2n) is 4.72. The van der Waals surface area contributed by atoms with Gasteiger partial charge in [0.15, 0.2) is 6.23 Å². The molecule has 21 heavy (non-hydrogen) atoms. The van der Waals surface area contributed by atoms with Crippen molar-refractivity contribution in [2.45, 2.75) is 19.3 Å². The van der Waals surface area contributed by atoms with Crippen molar-refractivity contribution in [1.82, 2.24) is 14.2 Å². The third-order valence-electron chi connectivity index (χ3n) is 3.14. The lowest BCUT2D eigenvalue weighted by Gasteiger charge is -2.37. The Balaban J connectivity index is 2.38. The molecular formula is C10H15IN3O6P. The number of aliphatic hydroxyl groups is 1. The summed E-state index contributed by atoms with van der Waals surface area (Å²) in [6.07, 6.45) is -0.230. The van der Waals surface area contributed by atoms with Gasteiger partial charge in [-0.15, -0.1) is 0 Å². The maximum absolute atomic E-state index is 11.9. The quantitative estimate of drug-likeness (QED) is 0.439. The largest absolute Gasteiger partial charge is 0.394 e. The number of halogens is 1. The Kier molecular flexibility index (Phi) is 5.06. The number of morpholine rings is 1. The Morgan fingerprint density at radius 2 is 2.19 bits per heavy atom. The summed E-state index contributed by atoms with van der Waals surface area (Å²) in [5, 5.41) is 5.68. The Morgan fingerprint density at radius 1 is 1.52 bits per heavy atom. The van der Waals surface area contributed by atoms with E-state index in [2.05, 4.69) is 4.98 Å². The molecule has 9 nitrogen and oxygen atoms in total. The number of aryl methyl sites for hydroxylation is 1. The van der Waals surface area contributed by atoms with Crippen LogP contribution in [0.4, 0.5) is 0 Å². The number of H-pyrrole nitrogens is 1. The lowest BCUT2D eigenvalue weighted by Crippen LogP contribution is -2.47. The van der Waals surface area contributed by atoms with Crippen LogP contribution in [-0.2, 0) is 9.30 Å². The number of ether oxygens (including phenoxy) is 1. The summed E-state index contributed by atoms with van der Waals surface area (Å²) in [7, 11) is 0. The zero-order chi connectivity index (χ0) is 15.8. The van der Waals surface area contributed by atoms with Gasteiger partial charge < -0.3 is 14.7 Å². The molecule has 0 spiro atoms. The predicted molar refractivity (Wildman–Crippen MR) is 82.5 cm³/mol. The van der Waals surface area contributed by atoms with E-state index in [0.717, 1.165) is 4.57 Å². The first-order chi connectivity index (χ1) is 9.72. The van der Waals surface area contributed by atoms with Gasteiger partial charge in [-0.2, -0.15) is 0 Å². The van der Waals surface area contributed by atoms with Gasteiger partial charge in [0.05, 0.1) is 19.3 Å². The number of hydrogen-bond acceptors (Lipinski definition) is 5. The molecule has 1 saturated heterocycles. The topological polar surface area (TPSA) is 125 Å². The minimum Gasteiger partial charge on any atom is -0.394 e. The smallest absolute Gasteiger partial charge is 0.330 e. The van der Waals surface area contributed by atoms with E-state index in [9.17, 15) is 24.2 Å². The van der Waals surface area contributed by atoms with Crippen molar-refractivity contribution >= 4 is 27.2 Å². The molecule has 3 N–H and O–H groups in total. The molecule has 0 aliphatic carbocycles. The van der Waals surface area contributed by atoms with E-state index in [4.69, 9.17) is 4.74 Å². The van der Waals surface area contributed by atoms with Gasteiger partial charge in [0.1, 0.15) is 0 Å². The van der Waals surface area contributed by atoms with Crippen LogP contribution >= 0.6 is 27.2 Å². The summed E-state index contributed by atoms with van der Waals surface area (Å²) >= 11 is 1.43. The molecule has 1 aliphatic rings. The van der Waals surface area contributed by atoms with E-state index in [-0.39, 0.29) is 19.7 Å². The lowest BCUT2D eigenvalue weighted by atomic mass is 10.3. The zero-order valence-corrected chi connectivity index (χ0v) is 14.2. The van der Waals surface area contributed by atoms with E-state index in [1.54, 1.807) is 0 Å².